The zero-order valence-electron chi connectivity index (χ0n) is 9.88. The minimum atomic E-state index is -0.0689. The maximum Gasteiger partial charge on any atom is 0.157 e. The van der Waals surface area contributed by atoms with Crippen LogP contribution in [0, 0.1) is 13.8 Å². The third-order valence-electron chi connectivity index (χ3n) is 2.16. The summed E-state index contributed by atoms with van der Waals surface area (Å²) in [4.78, 5) is 0. The van der Waals surface area contributed by atoms with E-state index in [0.717, 1.165) is 5.56 Å². The van der Waals surface area contributed by atoms with E-state index in [1.165, 1.54) is 17.7 Å². The lowest BCUT2D eigenvalue weighted by Crippen LogP contribution is -1.70. The Labute approximate surface area is 101 Å². The fourth-order valence-corrected chi connectivity index (χ4v) is 1.18. The molecule has 0 saturated carbocycles. The fourth-order valence-electron chi connectivity index (χ4n) is 1.18. The average Bonchev–Trinajstić information content (AvgIpc) is 2.29. The van der Waals surface area contributed by atoms with Crippen molar-refractivity contribution < 1.29 is 15.3 Å². The molecule has 0 bridgehead atoms. The Kier molecular flexibility index (Phi) is 4.40. The van der Waals surface area contributed by atoms with Gasteiger partial charge in [0.1, 0.15) is 5.75 Å². The average molecular weight is 232 g/mol. The molecule has 0 aliphatic carbocycles. The summed E-state index contributed by atoms with van der Waals surface area (Å²) in [6.07, 6.45) is 0. The van der Waals surface area contributed by atoms with Gasteiger partial charge in [0, 0.05) is 0 Å². The van der Waals surface area contributed by atoms with Crippen LogP contribution in [0.1, 0.15) is 11.1 Å². The highest BCUT2D eigenvalue weighted by Crippen LogP contribution is 2.23. The van der Waals surface area contributed by atoms with E-state index < -0.39 is 0 Å². The number of phenols is 3. The Morgan fingerprint density at radius 1 is 0.647 bits per heavy atom. The molecule has 0 spiro atoms. The molecule has 0 fully saturated rings. The van der Waals surface area contributed by atoms with Gasteiger partial charge in [0.15, 0.2) is 11.5 Å². The molecule has 0 amide bonds. The number of phenolic OH excluding ortho intramolecular Hbond substituents is 3. The zero-order valence-corrected chi connectivity index (χ0v) is 9.88. The lowest BCUT2D eigenvalue weighted by molar-refractivity contribution is 0.403. The van der Waals surface area contributed by atoms with Gasteiger partial charge in [-0.25, -0.2) is 0 Å². The van der Waals surface area contributed by atoms with Crippen LogP contribution in [-0.2, 0) is 0 Å². The maximum absolute atomic E-state index is 8.85. The van der Waals surface area contributed by atoms with E-state index in [1.807, 2.05) is 26.0 Å². The Morgan fingerprint density at radius 2 is 1.18 bits per heavy atom. The van der Waals surface area contributed by atoms with Gasteiger partial charge >= 0.3 is 0 Å². The second kappa shape index (κ2) is 5.80. The lowest BCUT2D eigenvalue weighted by atomic mass is 10.2. The molecule has 0 aromatic heterocycles. The Hall–Kier alpha value is -2.16. The van der Waals surface area contributed by atoms with Crippen molar-refractivity contribution in [3.05, 3.63) is 53.6 Å². The first-order chi connectivity index (χ1) is 7.99. The van der Waals surface area contributed by atoms with E-state index in [1.54, 1.807) is 18.2 Å². The van der Waals surface area contributed by atoms with Gasteiger partial charge in [0.05, 0.1) is 0 Å². The van der Waals surface area contributed by atoms with E-state index in [2.05, 4.69) is 0 Å². The predicted octanol–water partition coefficient (Wildman–Crippen LogP) is 3.11. The summed E-state index contributed by atoms with van der Waals surface area (Å²) < 4.78 is 0. The monoisotopic (exact) mass is 232 g/mol. The van der Waals surface area contributed by atoms with Crippen LogP contribution in [0.25, 0.3) is 0 Å². The van der Waals surface area contributed by atoms with Crippen molar-refractivity contribution in [2.75, 3.05) is 0 Å². The van der Waals surface area contributed by atoms with Crippen LogP contribution in [0.2, 0.25) is 0 Å². The predicted molar refractivity (Wildman–Crippen MR) is 67.4 cm³/mol. The van der Waals surface area contributed by atoms with Crippen molar-refractivity contribution in [2.24, 2.45) is 0 Å². The van der Waals surface area contributed by atoms with E-state index in [0.29, 0.717) is 5.75 Å². The normalized spacial score (nSPS) is 9.29. The molecule has 2 aromatic rings. The van der Waals surface area contributed by atoms with Gasteiger partial charge in [-0.3, -0.25) is 0 Å². The van der Waals surface area contributed by atoms with Crippen LogP contribution in [0.3, 0.4) is 0 Å². The van der Waals surface area contributed by atoms with Crippen molar-refractivity contribution in [3.8, 4) is 17.2 Å². The molecule has 2 rings (SSSR count). The molecule has 0 saturated heterocycles. The van der Waals surface area contributed by atoms with Gasteiger partial charge in [0.2, 0.25) is 0 Å². The minimum absolute atomic E-state index is 0.0602. The molecule has 3 N–H and O–H groups in total. The summed E-state index contributed by atoms with van der Waals surface area (Å²) in [6.45, 7) is 3.83. The van der Waals surface area contributed by atoms with E-state index in [9.17, 15) is 0 Å². The molecule has 0 aliphatic rings. The largest absolute Gasteiger partial charge is 0.508 e. The first-order valence-electron chi connectivity index (χ1n) is 5.23. The smallest absolute Gasteiger partial charge is 0.157 e. The van der Waals surface area contributed by atoms with Crippen molar-refractivity contribution in [2.45, 2.75) is 13.8 Å². The number of hydrogen-bond donors (Lipinski definition) is 3. The first kappa shape index (κ1) is 12.9. The molecular weight excluding hydrogens is 216 g/mol. The van der Waals surface area contributed by atoms with E-state index in [4.69, 9.17) is 15.3 Å². The van der Waals surface area contributed by atoms with Gasteiger partial charge in [-0.1, -0.05) is 23.8 Å². The van der Waals surface area contributed by atoms with Crippen molar-refractivity contribution in [3.63, 3.8) is 0 Å². The van der Waals surface area contributed by atoms with Gasteiger partial charge in [-0.15, -0.1) is 0 Å². The molecule has 17 heavy (non-hydrogen) atoms. The molecule has 0 radical (unpaired) electrons. The second-order valence-corrected chi connectivity index (χ2v) is 3.83. The van der Waals surface area contributed by atoms with Crippen LogP contribution < -0.4 is 0 Å². The highest BCUT2D eigenvalue weighted by Gasteiger charge is 1.94. The van der Waals surface area contributed by atoms with Crippen LogP contribution in [0.5, 0.6) is 17.2 Å². The Bertz CT molecular complexity index is 454. The van der Waals surface area contributed by atoms with Crippen LogP contribution >= 0.6 is 0 Å². The van der Waals surface area contributed by atoms with E-state index >= 15 is 0 Å². The topological polar surface area (TPSA) is 60.7 Å². The standard InChI is InChI=1S/C7H8O2.C7H8O/c1-5-2-3-6(8)7(9)4-5;1-6-2-4-7(8)5-3-6/h2-4,8-9H,1H3;2-5,8H,1H3. The summed E-state index contributed by atoms with van der Waals surface area (Å²) >= 11 is 0. The van der Waals surface area contributed by atoms with E-state index in [-0.39, 0.29) is 11.5 Å². The van der Waals surface area contributed by atoms with Gasteiger partial charge in [-0.05, 0) is 43.7 Å². The summed E-state index contributed by atoms with van der Waals surface area (Å²) in [5, 5.41) is 26.4. The zero-order chi connectivity index (χ0) is 12.8. The summed E-state index contributed by atoms with van der Waals surface area (Å²) in [6, 6.07) is 11.8. The first-order valence-corrected chi connectivity index (χ1v) is 5.23. The summed E-state index contributed by atoms with van der Waals surface area (Å²) in [5.41, 5.74) is 2.10. The lowest BCUT2D eigenvalue weighted by Gasteiger charge is -1.95. The quantitative estimate of drug-likeness (QED) is 0.612. The molecule has 0 aliphatic heterocycles. The van der Waals surface area contributed by atoms with Crippen molar-refractivity contribution >= 4 is 0 Å². The number of rotatable bonds is 0. The molecule has 3 nitrogen and oxygen atoms in total. The molecule has 0 heterocycles. The fraction of sp³-hybridized carbons (Fsp3) is 0.143. The number of hydrogen-bond acceptors (Lipinski definition) is 3. The van der Waals surface area contributed by atoms with Crippen LogP contribution in [0.4, 0.5) is 0 Å². The third-order valence-corrected chi connectivity index (χ3v) is 2.16. The van der Waals surface area contributed by atoms with Gasteiger partial charge < -0.3 is 15.3 Å². The van der Waals surface area contributed by atoms with Crippen LogP contribution in [0.15, 0.2) is 42.5 Å². The third kappa shape index (κ3) is 4.47. The maximum atomic E-state index is 8.85. The molecule has 90 valence electrons. The molecule has 3 heteroatoms. The Balaban J connectivity index is 0.000000171. The summed E-state index contributed by atoms with van der Waals surface area (Å²) in [5.74, 6) is 0.200. The number of benzene rings is 2. The second-order valence-electron chi connectivity index (χ2n) is 3.83. The highest BCUT2D eigenvalue weighted by atomic mass is 16.3. The molecule has 2 aromatic carbocycles. The molecule has 0 atom stereocenters. The summed E-state index contributed by atoms with van der Waals surface area (Å²) in [7, 11) is 0. The minimum Gasteiger partial charge on any atom is -0.508 e. The van der Waals surface area contributed by atoms with Crippen LogP contribution in [-0.4, -0.2) is 15.3 Å². The SMILES string of the molecule is Cc1ccc(O)c(O)c1.Cc1ccc(O)cc1. The Morgan fingerprint density at radius 3 is 1.59 bits per heavy atom. The van der Waals surface area contributed by atoms with Crippen molar-refractivity contribution in [1.82, 2.24) is 0 Å². The number of aromatic hydroxyl groups is 3. The molecular formula is C14H16O3. The number of aryl methyl sites for hydroxylation is 2. The van der Waals surface area contributed by atoms with Gasteiger partial charge in [0.25, 0.3) is 0 Å². The molecule has 0 unspecified atom stereocenters. The highest BCUT2D eigenvalue weighted by molar-refractivity contribution is 5.39. The van der Waals surface area contributed by atoms with Gasteiger partial charge in [-0.2, -0.15) is 0 Å². The van der Waals surface area contributed by atoms with Crippen molar-refractivity contribution in [1.29, 1.82) is 0 Å².